The van der Waals surface area contributed by atoms with Crippen molar-refractivity contribution in [2.24, 2.45) is 18.7 Å². The van der Waals surface area contributed by atoms with Crippen LogP contribution >= 0.6 is 0 Å². The lowest BCUT2D eigenvalue weighted by atomic mass is 9.94. The summed E-state index contributed by atoms with van der Waals surface area (Å²) < 4.78 is 1.69. The quantitative estimate of drug-likeness (QED) is 0.917. The normalized spacial score (nSPS) is 26.1. The molecular formula is C16H19N5O. The van der Waals surface area contributed by atoms with Gasteiger partial charge in [0.05, 0.1) is 0 Å². The second kappa shape index (κ2) is 4.32. The molecule has 1 saturated heterocycles. The van der Waals surface area contributed by atoms with Crippen molar-refractivity contribution >= 4 is 11.9 Å². The summed E-state index contributed by atoms with van der Waals surface area (Å²) >= 11 is 0. The zero-order chi connectivity index (χ0) is 15.5. The Kier molecular flexibility index (Phi) is 2.61. The first kappa shape index (κ1) is 13.3. The van der Waals surface area contributed by atoms with Crippen molar-refractivity contribution in [3.63, 3.8) is 0 Å². The lowest BCUT2D eigenvalue weighted by Gasteiger charge is -2.21. The van der Waals surface area contributed by atoms with E-state index in [0.717, 1.165) is 19.0 Å². The summed E-state index contributed by atoms with van der Waals surface area (Å²) in [4.78, 5) is 13.5. The highest BCUT2D eigenvalue weighted by molar-refractivity contribution is 5.89. The number of carbonyl (C=O) groups excluding carboxylic acids is 1. The minimum Gasteiger partial charge on any atom is -0.363 e. The number of nitrogens with zero attached hydrogens (tertiary/aromatic N) is 4. The third-order valence-corrected chi connectivity index (χ3v) is 5.13. The van der Waals surface area contributed by atoms with Crippen LogP contribution < -0.4 is 10.6 Å². The van der Waals surface area contributed by atoms with Crippen molar-refractivity contribution in [3.05, 3.63) is 41.2 Å². The van der Waals surface area contributed by atoms with E-state index in [9.17, 15) is 4.79 Å². The number of hydrogen-bond acceptors (Lipinski definition) is 4. The van der Waals surface area contributed by atoms with Crippen molar-refractivity contribution in [2.45, 2.75) is 18.8 Å². The van der Waals surface area contributed by atoms with Crippen LogP contribution in [0.4, 0.5) is 5.95 Å². The molecule has 6 nitrogen and oxygen atoms in total. The van der Waals surface area contributed by atoms with Crippen molar-refractivity contribution < 1.29 is 4.79 Å². The lowest BCUT2D eigenvalue weighted by molar-refractivity contribution is 0.0987. The van der Waals surface area contributed by atoms with Crippen LogP contribution in [0.3, 0.4) is 0 Å². The van der Waals surface area contributed by atoms with Gasteiger partial charge in [0.2, 0.25) is 11.8 Å². The summed E-state index contributed by atoms with van der Waals surface area (Å²) in [6.07, 6.45) is 1.23. The molecule has 0 bridgehead atoms. The fourth-order valence-electron chi connectivity index (χ4n) is 3.78. The molecule has 2 unspecified atom stereocenters. The van der Waals surface area contributed by atoms with Crippen molar-refractivity contribution in [2.75, 3.05) is 18.0 Å². The zero-order valence-electron chi connectivity index (χ0n) is 12.8. The maximum atomic E-state index is 11.3. The first-order chi connectivity index (χ1) is 10.5. The third kappa shape index (κ3) is 1.76. The van der Waals surface area contributed by atoms with Gasteiger partial charge in [-0.1, -0.05) is 29.8 Å². The molecule has 1 aromatic carbocycles. The Hall–Kier alpha value is -2.37. The fraction of sp³-hybridized carbons (Fsp3) is 0.438. The van der Waals surface area contributed by atoms with Gasteiger partial charge in [-0.15, -0.1) is 10.2 Å². The number of carbonyl (C=O) groups is 1. The van der Waals surface area contributed by atoms with Crippen LogP contribution in [0.1, 0.15) is 28.2 Å². The van der Waals surface area contributed by atoms with Crippen molar-refractivity contribution in [1.82, 2.24) is 14.8 Å². The van der Waals surface area contributed by atoms with Gasteiger partial charge < -0.3 is 10.6 Å². The molecule has 6 heteroatoms. The Morgan fingerprint density at radius 3 is 2.68 bits per heavy atom. The number of anilines is 1. The zero-order valence-corrected chi connectivity index (χ0v) is 12.8. The van der Waals surface area contributed by atoms with Crippen LogP contribution in [0.15, 0.2) is 24.3 Å². The van der Waals surface area contributed by atoms with E-state index in [4.69, 9.17) is 5.73 Å². The van der Waals surface area contributed by atoms with E-state index in [-0.39, 0.29) is 11.2 Å². The number of nitrogens with two attached hydrogens (primary N) is 1. The van der Waals surface area contributed by atoms with E-state index in [1.54, 1.807) is 11.6 Å². The average Bonchev–Trinajstić information content (AvgIpc) is 2.86. The number of aryl methyl sites for hydroxylation is 1. The first-order valence-electron chi connectivity index (χ1n) is 7.52. The fourth-order valence-corrected chi connectivity index (χ4v) is 3.78. The minimum atomic E-state index is -0.543. The summed E-state index contributed by atoms with van der Waals surface area (Å²) in [7, 11) is 1.79. The molecule has 1 aliphatic heterocycles. The Balaban J connectivity index is 1.61. The molecule has 1 saturated carbocycles. The molecule has 1 amide bonds. The topological polar surface area (TPSA) is 77.0 Å². The van der Waals surface area contributed by atoms with Crippen molar-refractivity contribution in [3.8, 4) is 0 Å². The summed E-state index contributed by atoms with van der Waals surface area (Å²) in [5.41, 5.74) is 8.25. The molecule has 2 aromatic rings. The number of benzene rings is 1. The van der Waals surface area contributed by atoms with E-state index in [0.29, 0.717) is 5.92 Å². The maximum Gasteiger partial charge on any atom is 0.286 e. The van der Waals surface area contributed by atoms with Gasteiger partial charge in [0.1, 0.15) is 0 Å². The molecule has 2 atom stereocenters. The lowest BCUT2D eigenvalue weighted by Crippen LogP contribution is -2.29. The van der Waals surface area contributed by atoms with E-state index < -0.39 is 5.91 Å². The molecule has 0 spiro atoms. The van der Waals surface area contributed by atoms with Crippen LogP contribution in [-0.2, 0) is 12.5 Å². The summed E-state index contributed by atoms with van der Waals surface area (Å²) in [6, 6.07) is 8.83. The van der Waals surface area contributed by atoms with Gasteiger partial charge in [-0.05, 0) is 24.8 Å². The largest absolute Gasteiger partial charge is 0.363 e. The molecule has 114 valence electrons. The van der Waals surface area contributed by atoms with Gasteiger partial charge in [-0.25, -0.2) is 0 Å². The highest BCUT2D eigenvalue weighted by Gasteiger charge is 2.61. The monoisotopic (exact) mass is 297 g/mol. The van der Waals surface area contributed by atoms with E-state index in [1.165, 1.54) is 17.5 Å². The second-order valence-electron chi connectivity index (χ2n) is 6.55. The number of rotatable bonds is 3. The highest BCUT2D eigenvalue weighted by atomic mass is 16.1. The maximum absolute atomic E-state index is 11.3. The standard InChI is InChI=1S/C16H19N5O/c1-10-3-5-11(6-4-10)16-7-12(16)8-21(9-16)15-19-18-14(13(17)22)20(15)2/h3-6,12H,7-9H2,1-2H3,(H2,17,22). The smallest absolute Gasteiger partial charge is 0.286 e. The molecule has 1 aliphatic carbocycles. The summed E-state index contributed by atoms with van der Waals surface area (Å²) in [5.74, 6) is 1.05. The predicted octanol–water partition coefficient (Wildman–Crippen LogP) is 1.00. The summed E-state index contributed by atoms with van der Waals surface area (Å²) in [6.45, 7) is 3.99. The van der Waals surface area contributed by atoms with Gasteiger partial charge in [0.15, 0.2) is 0 Å². The SMILES string of the molecule is Cc1ccc(C23CC2CN(c2nnc(C(N)=O)n2C)C3)cc1. The number of piperidine rings is 1. The minimum absolute atomic E-state index is 0.208. The van der Waals surface area contributed by atoms with Gasteiger partial charge in [0.25, 0.3) is 5.91 Å². The van der Waals surface area contributed by atoms with Crippen LogP contribution in [0.5, 0.6) is 0 Å². The Morgan fingerprint density at radius 2 is 2.05 bits per heavy atom. The molecule has 2 heterocycles. The second-order valence-corrected chi connectivity index (χ2v) is 6.55. The molecule has 2 N–H and O–H groups in total. The van der Waals surface area contributed by atoms with Gasteiger partial charge in [-0.3, -0.25) is 9.36 Å². The van der Waals surface area contributed by atoms with Crippen molar-refractivity contribution in [1.29, 1.82) is 0 Å². The molecule has 2 fully saturated rings. The number of amides is 1. The molecule has 1 aromatic heterocycles. The molecular weight excluding hydrogens is 278 g/mol. The van der Waals surface area contributed by atoms with E-state index >= 15 is 0 Å². The highest BCUT2D eigenvalue weighted by Crippen LogP contribution is 2.59. The Morgan fingerprint density at radius 1 is 1.32 bits per heavy atom. The van der Waals surface area contributed by atoms with Gasteiger partial charge in [0, 0.05) is 25.6 Å². The van der Waals surface area contributed by atoms with Crippen LogP contribution in [0.2, 0.25) is 0 Å². The Labute approximate surface area is 128 Å². The van der Waals surface area contributed by atoms with Crippen LogP contribution in [0, 0.1) is 12.8 Å². The molecule has 2 aliphatic rings. The number of fused-ring (bicyclic) bond motifs is 1. The number of primary amides is 1. The third-order valence-electron chi connectivity index (χ3n) is 5.13. The molecule has 0 radical (unpaired) electrons. The van der Waals surface area contributed by atoms with E-state index in [2.05, 4.69) is 46.3 Å². The Bertz CT molecular complexity index is 750. The molecule has 22 heavy (non-hydrogen) atoms. The predicted molar refractivity (Wildman–Crippen MR) is 82.7 cm³/mol. The van der Waals surface area contributed by atoms with Gasteiger partial charge in [-0.2, -0.15) is 0 Å². The number of hydrogen-bond donors (Lipinski definition) is 1. The van der Waals surface area contributed by atoms with E-state index in [1.807, 2.05) is 0 Å². The van der Waals surface area contributed by atoms with Crippen LogP contribution in [0.25, 0.3) is 0 Å². The molecule has 4 rings (SSSR count). The average molecular weight is 297 g/mol. The number of aromatic nitrogens is 3. The first-order valence-corrected chi connectivity index (χ1v) is 7.52. The van der Waals surface area contributed by atoms with Crippen LogP contribution in [-0.4, -0.2) is 33.8 Å². The van der Waals surface area contributed by atoms with Gasteiger partial charge >= 0.3 is 0 Å². The summed E-state index contributed by atoms with van der Waals surface area (Å²) in [5, 5.41) is 8.05.